The molecule has 0 radical (unpaired) electrons. The molecule has 0 atom stereocenters. The summed E-state index contributed by atoms with van der Waals surface area (Å²) in [6, 6.07) is 2.12. The number of carbonyl (C=O) groups is 1. The first-order valence-corrected chi connectivity index (χ1v) is 13.2. The van der Waals surface area contributed by atoms with Crippen LogP contribution in [0.1, 0.15) is 55.4 Å². The van der Waals surface area contributed by atoms with E-state index in [0.29, 0.717) is 29.4 Å². The lowest BCUT2D eigenvalue weighted by atomic mass is 9.97. The molecule has 0 spiro atoms. The monoisotopic (exact) mass is 482 g/mol. The van der Waals surface area contributed by atoms with E-state index in [0.717, 1.165) is 40.5 Å². The zero-order chi connectivity index (χ0) is 22.9. The van der Waals surface area contributed by atoms with Gasteiger partial charge in [0.2, 0.25) is 5.91 Å². The molecule has 172 valence electrons. The van der Waals surface area contributed by atoms with Gasteiger partial charge < -0.3 is 10.3 Å². The van der Waals surface area contributed by atoms with Crippen LogP contribution in [0.4, 0.5) is 5.69 Å². The highest BCUT2D eigenvalue weighted by atomic mass is 32.2. The Morgan fingerprint density at radius 3 is 3.00 bits per heavy atom. The number of rotatable bonds is 7. The third-order valence-electron chi connectivity index (χ3n) is 5.79. The number of thiophene rings is 1. The number of carbonyl (C=O) groups excluding carboxylic acids is 1. The quantitative estimate of drug-likeness (QED) is 0.377. The standard InChI is InChI=1S/C23H26N6O2S2/c1-13(2)29-21-14(10-25-29)9-15(11-24-21)26-19(30)7-8-32-12-18-27-22(31)20-16-5-3-4-6-17(16)33-23(20)28-18/h9-11,13H,3-8,12H2,1-2H3,(H,26,30)(H,27,28,31). The number of pyridine rings is 1. The molecule has 1 aliphatic rings. The predicted molar refractivity (Wildman–Crippen MR) is 134 cm³/mol. The molecular formula is C23H26N6O2S2. The van der Waals surface area contributed by atoms with Gasteiger partial charge in [-0.05, 0) is 51.2 Å². The van der Waals surface area contributed by atoms with Gasteiger partial charge in [-0.1, -0.05) is 0 Å². The van der Waals surface area contributed by atoms with E-state index < -0.39 is 0 Å². The summed E-state index contributed by atoms with van der Waals surface area (Å²) in [7, 11) is 0. The molecule has 0 fully saturated rings. The van der Waals surface area contributed by atoms with Crippen LogP contribution in [-0.4, -0.2) is 36.4 Å². The van der Waals surface area contributed by atoms with Gasteiger partial charge in [-0.2, -0.15) is 16.9 Å². The van der Waals surface area contributed by atoms with Crippen molar-refractivity contribution in [3.63, 3.8) is 0 Å². The van der Waals surface area contributed by atoms with E-state index in [1.165, 1.54) is 16.9 Å². The molecule has 0 saturated carbocycles. The van der Waals surface area contributed by atoms with Crippen LogP contribution in [0.2, 0.25) is 0 Å². The van der Waals surface area contributed by atoms with Gasteiger partial charge >= 0.3 is 0 Å². The molecule has 4 aromatic heterocycles. The Morgan fingerprint density at radius 2 is 2.15 bits per heavy atom. The zero-order valence-electron chi connectivity index (χ0n) is 18.7. The first-order valence-electron chi connectivity index (χ1n) is 11.2. The van der Waals surface area contributed by atoms with Crippen LogP contribution < -0.4 is 10.9 Å². The molecule has 1 aliphatic carbocycles. The van der Waals surface area contributed by atoms with Gasteiger partial charge in [-0.3, -0.25) is 9.59 Å². The smallest absolute Gasteiger partial charge is 0.259 e. The summed E-state index contributed by atoms with van der Waals surface area (Å²) in [6.45, 7) is 4.11. The van der Waals surface area contributed by atoms with E-state index in [-0.39, 0.29) is 17.5 Å². The predicted octanol–water partition coefficient (Wildman–Crippen LogP) is 4.45. The van der Waals surface area contributed by atoms with Crippen LogP contribution in [-0.2, 0) is 23.4 Å². The summed E-state index contributed by atoms with van der Waals surface area (Å²) in [5.74, 6) is 1.81. The van der Waals surface area contributed by atoms with Crippen molar-refractivity contribution >= 4 is 55.9 Å². The maximum atomic E-state index is 12.6. The highest BCUT2D eigenvalue weighted by Crippen LogP contribution is 2.33. The number of nitrogens with one attached hydrogen (secondary N) is 2. The largest absolute Gasteiger partial charge is 0.325 e. The zero-order valence-corrected chi connectivity index (χ0v) is 20.3. The Bertz CT molecular complexity index is 1390. The van der Waals surface area contributed by atoms with Crippen LogP contribution in [0.15, 0.2) is 23.3 Å². The van der Waals surface area contributed by atoms with Gasteiger partial charge in [0.15, 0.2) is 5.65 Å². The Kier molecular flexibility index (Phi) is 6.20. The number of fused-ring (bicyclic) bond motifs is 4. The molecular weight excluding hydrogens is 456 g/mol. The average Bonchev–Trinajstić information content (AvgIpc) is 3.38. The minimum Gasteiger partial charge on any atom is -0.325 e. The fourth-order valence-corrected chi connectivity index (χ4v) is 6.31. The molecule has 0 bridgehead atoms. The van der Waals surface area contributed by atoms with Crippen molar-refractivity contribution < 1.29 is 4.79 Å². The third-order valence-corrected chi connectivity index (χ3v) is 7.95. The van der Waals surface area contributed by atoms with Crippen LogP contribution in [0, 0.1) is 0 Å². The number of hydrogen-bond donors (Lipinski definition) is 2. The fraction of sp³-hybridized carbons (Fsp3) is 0.435. The van der Waals surface area contributed by atoms with E-state index in [2.05, 4.69) is 34.2 Å². The molecule has 4 aromatic rings. The molecule has 0 unspecified atom stereocenters. The topological polar surface area (TPSA) is 106 Å². The molecule has 1 amide bonds. The van der Waals surface area contributed by atoms with Crippen molar-refractivity contribution in [3.05, 3.63) is 45.1 Å². The van der Waals surface area contributed by atoms with E-state index >= 15 is 0 Å². The lowest BCUT2D eigenvalue weighted by Crippen LogP contribution is -2.14. The minimum absolute atomic E-state index is 0.0311. The summed E-state index contributed by atoms with van der Waals surface area (Å²) in [5, 5.41) is 8.95. The molecule has 0 aromatic carbocycles. The van der Waals surface area contributed by atoms with Crippen molar-refractivity contribution in [2.45, 2.75) is 57.7 Å². The Balaban J connectivity index is 1.16. The van der Waals surface area contributed by atoms with Crippen molar-refractivity contribution in [1.82, 2.24) is 24.7 Å². The number of amides is 1. The second-order valence-corrected chi connectivity index (χ2v) is 10.8. The molecule has 8 nitrogen and oxygen atoms in total. The normalized spacial score (nSPS) is 13.7. The molecule has 4 heterocycles. The van der Waals surface area contributed by atoms with Gasteiger partial charge in [-0.25, -0.2) is 14.6 Å². The second-order valence-electron chi connectivity index (χ2n) is 8.57. The van der Waals surface area contributed by atoms with Crippen molar-refractivity contribution in [1.29, 1.82) is 0 Å². The maximum Gasteiger partial charge on any atom is 0.259 e. The SMILES string of the molecule is CC(C)n1ncc2cc(NC(=O)CCSCc3nc4sc5c(c4c(=O)[nH]3)CCCC5)cnc21. The minimum atomic E-state index is -0.0669. The number of hydrogen-bond acceptors (Lipinski definition) is 7. The number of aromatic nitrogens is 5. The average molecular weight is 483 g/mol. The number of anilines is 1. The lowest BCUT2D eigenvalue weighted by molar-refractivity contribution is -0.115. The number of H-pyrrole nitrogens is 1. The van der Waals surface area contributed by atoms with Crippen molar-refractivity contribution in [3.8, 4) is 0 Å². The number of aryl methyl sites for hydroxylation is 2. The van der Waals surface area contributed by atoms with Gasteiger partial charge in [-0.15, -0.1) is 11.3 Å². The molecule has 5 rings (SSSR count). The highest BCUT2D eigenvalue weighted by Gasteiger charge is 2.19. The number of nitrogens with zero attached hydrogens (tertiary/aromatic N) is 4. The summed E-state index contributed by atoms with van der Waals surface area (Å²) in [4.78, 5) is 39.3. The van der Waals surface area contributed by atoms with Crippen LogP contribution in [0.3, 0.4) is 0 Å². The van der Waals surface area contributed by atoms with E-state index in [1.54, 1.807) is 35.5 Å². The molecule has 33 heavy (non-hydrogen) atoms. The van der Waals surface area contributed by atoms with Crippen molar-refractivity contribution in [2.24, 2.45) is 0 Å². The van der Waals surface area contributed by atoms with Gasteiger partial charge in [0.25, 0.3) is 5.56 Å². The summed E-state index contributed by atoms with van der Waals surface area (Å²) >= 11 is 3.25. The molecule has 2 N–H and O–H groups in total. The van der Waals surface area contributed by atoms with E-state index in [9.17, 15) is 9.59 Å². The molecule has 0 aliphatic heterocycles. The third kappa shape index (κ3) is 4.54. The molecule has 0 saturated heterocycles. The van der Waals surface area contributed by atoms with Crippen LogP contribution in [0.5, 0.6) is 0 Å². The lowest BCUT2D eigenvalue weighted by Gasteiger charge is -2.09. The first-order chi connectivity index (χ1) is 16.0. The fourth-order valence-electron chi connectivity index (χ4n) is 4.22. The summed E-state index contributed by atoms with van der Waals surface area (Å²) in [6.07, 6.45) is 8.16. The number of thioether (sulfide) groups is 1. The van der Waals surface area contributed by atoms with E-state index in [1.807, 2.05) is 10.7 Å². The van der Waals surface area contributed by atoms with Gasteiger partial charge in [0.1, 0.15) is 10.7 Å². The van der Waals surface area contributed by atoms with Crippen molar-refractivity contribution in [2.75, 3.05) is 11.1 Å². The summed E-state index contributed by atoms with van der Waals surface area (Å²) < 4.78 is 1.86. The van der Waals surface area contributed by atoms with Crippen LogP contribution in [0.25, 0.3) is 21.3 Å². The number of aromatic amines is 1. The maximum absolute atomic E-state index is 12.6. The molecule has 10 heteroatoms. The Morgan fingerprint density at radius 1 is 1.30 bits per heavy atom. The Labute approximate surface area is 199 Å². The van der Waals surface area contributed by atoms with Gasteiger partial charge in [0, 0.05) is 28.5 Å². The highest BCUT2D eigenvalue weighted by molar-refractivity contribution is 7.98. The summed E-state index contributed by atoms with van der Waals surface area (Å²) in [5.41, 5.74) is 2.65. The van der Waals surface area contributed by atoms with Crippen LogP contribution >= 0.6 is 23.1 Å². The van der Waals surface area contributed by atoms with E-state index in [4.69, 9.17) is 4.98 Å². The first kappa shape index (κ1) is 22.1. The van der Waals surface area contributed by atoms with Gasteiger partial charge in [0.05, 0.1) is 29.2 Å². The Hall–Kier alpha value is -2.72. The second kappa shape index (κ2) is 9.26.